The predicted molar refractivity (Wildman–Crippen MR) is 61.3 cm³/mol. The quantitative estimate of drug-likeness (QED) is 0.449. The van der Waals surface area contributed by atoms with Crippen molar-refractivity contribution in [1.82, 2.24) is 0 Å². The van der Waals surface area contributed by atoms with Gasteiger partial charge in [0.2, 0.25) is 0 Å². The first kappa shape index (κ1) is 14.5. The van der Waals surface area contributed by atoms with Crippen molar-refractivity contribution in [2.24, 2.45) is 0 Å². The van der Waals surface area contributed by atoms with E-state index in [1.807, 2.05) is 6.92 Å². The van der Waals surface area contributed by atoms with E-state index in [1.54, 1.807) is 0 Å². The molecule has 0 aliphatic heterocycles. The number of nitro benzene ring substituents is 1. The van der Waals surface area contributed by atoms with Crippen molar-refractivity contribution in [1.29, 1.82) is 0 Å². The number of alkyl halides is 3. The van der Waals surface area contributed by atoms with Crippen LogP contribution in [0, 0.1) is 10.1 Å². The highest BCUT2D eigenvalue weighted by Gasteiger charge is 2.38. The van der Waals surface area contributed by atoms with Crippen LogP contribution < -0.4 is 0 Å². The lowest BCUT2D eigenvalue weighted by Crippen LogP contribution is -2.09. The Morgan fingerprint density at radius 1 is 1.28 bits per heavy atom. The monoisotopic (exact) mass is 261 g/mol. The molecule has 0 fully saturated rings. The summed E-state index contributed by atoms with van der Waals surface area (Å²) < 4.78 is 38.0. The van der Waals surface area contributed by atoms with E-state index >= 15 is 0 Å². The highest BCUT2D eigenvalue weighted by atomic mass is 19.4. The summed E-state index contributed by atoms with van der Waals surface area (Å²) in [4.78, 5) is 9.54. The molecule has 1 aromatic rings. The second-order valence-corrected chi connectivity index (χ2v) is 4.06. The highest BCUT2D eigenvalue weighted by molar-refractivity contribution is 5.44. The number of benzene rings is 1. The van der Waals surface area contributed by atoms with Gasteiger partial charge in [0.05, 0.1) is 4.92 Å². The van der Waals surface area contributed by atoms with Gasteiger partial charge in [0, 0.05) is 6.07 Å². The van der Waals surface area contributed by atoms with E-state index in [2.05, 4.69) is 0 Å². The number of aryl methyl sites for hydroxylation is 1. The summed E-state index contributed by atoms with van der Waals surface area (Å²) in [6.07, 6.45) is -1.50. The summed E-state index contributed by atoms with van der Waals surface area (Å²) in [5.41, 5.74) is -1.57. The van der Waals surface area contributed by atoms with Crippen LogP contribution >= 0.6 is 0 Å². The van der Waals surface area contributed by atoms with E-state index < -0.39 is 22.4 Å². The van der Waals surface area contributed by atoms with Crippen molar-refractivity contribution < 1.29 is 18.1 Å². The number of nitrogens with zero attached hydrogens (tertiary/aromatic N) is 1. The Bertz CT molecular complexity index is 430. The fourth-order valence-corrected chi connectivity index (χ4v) is 1.70. The average Bonchev–Trinajstić information content (AvgIpc) is 2.28. The summed E-state index contributed by atoms with van der Waals surface area (Å²) in [5.74, 6) is 0. The van der Waals surface area contributed by atoms with Crippen LogP contribution in [0.5, 0.6) is 0 Å². The molecule has 1 rings (SSSR count). The molecule has 0 amide bonds. The molecular weight excluding hydrogens is 247 g/mol. The Morgan fingerprint density at radius 3 is 2.44 bits per heavy atom. The largest absolute Gasteiger partial charge is 0.423 e. The van der Waals surface area contributed by atoms with Gasteiger partial charge in [-0.25, -0.2) is 0 Å². The van der Waals surface area contributed by atoms with Crippen LogP contribution in [0.2, 0.25) is 0 Å². The van der Waals surface area contributed by atoms with Crippen LogP contribution in [0.25, 0.3) is 0 Å². The molecule has 100 valence electrons. The molecule has 6 heteroatoms. The maximum atomic E-state index is 12.7. The molecule has 3 nitrogen and oxygen atoms in total. The Morgan fingerprint density at radius 2 is 1.94 bits per heavy atom. The number of hydrogen-bond acceptors (Lipinski definition) is 2. The number of halogens is 3. The molecule has 0 bridgehead atoms. The van der Waals surface area contributed by atoms with Crippen molar-refractivity contribution in [3.05, 3.63) is 39.4 Å². The average molecular weight is 261 g/mol. The Hall–Kier alpha value is -1.59. The van der Waals surface area contributed by atoms with Gasteiger partial charge in [-0.3, -0.25) is 10.1 Å². The van der Waals surface area contributed by atoms with Crippen LogP contribution in [0.1, 0.15) is 37.3 Å². The summed E-state index contributed by atoms with van der Waals surface area (Å²) >= 11 is 0. The van der Waals surface area contributed by atoms with Crippen LogP contribution in [-0.4, -0.2) is 4.92 Å². The predicted octanol–water partition coefficient (Wildman–Crippen LogP) is 4.35. The fraction of sp³-hybridized carbons (Fsp3) is 0.500. The lowest BCUT2D eigenvalue weighted by atomic mass is 10.0. The number of nitro groups is 1. The molecule has 1 aromatic carbocycles. The lowest BCUT2D eigenvalue weighted by molar-refractivity contribution is -0.388. The SMILES string of the molecule is CCCCCc1ccc([N+](=O)[O-])c(C(F)(F)F)c1. The molecule has 0 unspecified atom stereocenters. The van der Waals surface area contributed by atoms with Crippen molar-refractivity contribution in [2.75, 3.05) is 0 Å². The molecule has 0 saturated heterocycles. The first-order valence-corrected chi connectivity index (χ1v) is 5.70. The number of hydrogen-bond donors (Lipinski definition) is 0. The van der Waals surface area contributed by atoms with Crippen molar-refractivity contribution in [3.8, 4) is 0 Å². The van der Waals surface area contributed by atoms with Gasteiger partial charge in [-0.05, 0) is 24.5 Å². The molecule has 0 atom stereocenters. The van der Waals surface area contributed by atoms with E-state index in [0.29, 0.717) is 12.0 Å². The van der Waals surface area contributed by atoms with Gasteiger partial charge < -0.3 is 0 Å². The van der Waals surface area contributed by atoms with Gasteiger partial charge >= 0.3 is 6.18 Å². The van der Waals surface area contributed by atoms with Crippen molar-refractivity contribution >= 4 is 5.69 Å². The molecule has 0 aliphatic rings. The maximum Gasteiger partial charge on any atom is 0.423 e. The molecule has 0 N–H and O–H groups in total. The van der Waals surface area contributed by atoms with Crippen molar-refractivity contribution in [3.63, 3.8) is 0 Å². The van der Waals surface area contributed by atoms with E-state index in [0.717, 1.165) is 31.4 Å². The third-order valence-electron chi connectivity index (χ3n) is 2.63. The van der Waals surface area contributed by atoms with E-state index in [4.69, 9.17) is 0 Å². The van der Waals surface area contributed by atoms with E-state index in [1.165, 1.54) is 6.07 Å². The summed E-state index contributed by atoms with van der Waals surface area (Å²) in [6.45, 7) is 2.00. The van der Waals surface area contributed by atoms with Gasteiger partial charge in [-0.15, -0.1) is 0 Å². The highest BCUT2D eigenvalue weighted by Crippen LogP contribution is 2.36. The fourth-order valence-electron chi connectivity index (χ4n) is 1.70. The van der Waals surface area contributed by atoms with Crippen LogP contribution in [0.4, 0.5) is 18.9 Å². The van der Waals surface area contributed by atoms with Gasteiger partial charge in [0.15, 0.2) is 0 Å². The zero-order chi connectivity index (χ0) is 13.8. The Balaban J connectivity index is 3.02. The molecule has 0 radical (unpaired) electrons. The van der Waals surface area contributed by atoms with Gasteiger partial charge in [0.1, 0.15) is 5.56 Å². The van der Waals surface area contributed by atoms with Crippen LogP contribution in [0.3, 0.4) is 0 Å². The van der Waals surface area contributed by atoms with Gasteiger partial charge in [-0.2, -0.15) is 13.2 Å². The topological polar surface area (TPSA) is 43.1 Å². The number of rotatable bonds is 5. The molecule has 0 spiro atoms. The molecule has 0 saturated carbocycles. The zero-order valence-electron chi connectivity index (χ0n) is 9.96. The third-order valence-corrected chi connectivity index (χ3v) is 2.63. The normalized spacial score (nSPS) is 11.6. The zero-order valence-corrected chi connectivity index (χ0v) is 9.96. The summed E-state index contributed by atoms with van der Waals surface area (Å²) in [7, 11) is 0. The second-order valence-electron chi connectivity index (χ2n) is 4.06. The summed E-state index contributed by atoms with van der Waals surface area (Å²) in [6, 6.07) is 3.21. The van der Waals surface area contributed by atoms with Gasteiger partial charge in [-0.1, -0.05) is 25.8 Å². The minimum absolute atomic E-state index is 0.487. The van der Waals surface area contributed by atoms with Crippen LogP contribution in [-0.2, 0) is 12.6 Å². The molecule has 18 heavy (non-hydrogen) atoms. The lowest BCUT2D eigenvalue weighted by Gasteiger charge is -2.09. The Kier molecular flexibility index (Phi) is 4.69. The molecule has 0 heterocycles. The third kappa shape index (κ3) is 3.72. The first-order chi connectivity index (χ1) is 8.36. The first-order valence-electron chi connectivity index (χ1n) is 5.70. The molecular formula is C12H14F3NO2. The standard InChI is InChI=1S/C12H14F3NO2/c1-2-3-4-5-9-6-7-11(16(17)18)10(8-9)12(13,14)15/h6-8H,2-5H2,1H3. The second kappa shape index (κ2) is 5.84. The van der Waals surface area contributed by atoms with E-state index in [9.17, 15) is 23.3 Å². The maximum absolute atomic E-state index is 12.7. The number of unbranched alkanes of at least 4 members (excludes halogenated alkanes) is 2. The smallest absolute Gasteiger partial charge is 0.258 e. The Labute approximate surface area is 103 Å². The molecule has 0 aromatic heterocycles. The van der Waals surface area contributed by atoms with Crippen LogP contribution in [0.15, 0.2) is 18.2 Å². The minimum atomic E-state index is -4.69. The minimum Gasteiger partial charge on any atom is -0.258 e. The van der Waals surface area contributed by atoms with E-state index in [-0.39, 0.29) is 0 Å². The summed E-state index contributed by atoms with van der Waals surface area (Å²) in [5, 5.41) is 10.5. The van der Waals surface area contributed by atoms with Crippen molar-refractivity contribution in [2.45, 2.75) is 38.8 Å². The van der Waals surface area contributed by atoms with Gasteiger partial charge in [0.25, 0.3) is 5.69 Å². The molecule has 0 aliphatic carbocycles.